The Morgan fingerprint density at radius 2 is 1.50 bits per heavy atom. The molecule has 0 unspecified atom stereocenters. The van der Waals surface area contributed by atoms with E-state index in [4.69, 9.17) is 11.1 Å². The lowest BCUT2D eigenvalue weighted by molar-refractivity contribution is -0.131. The van der Waals surface area contributed by atoms with Crippen molar-refractivity contribution in [3.8, 4) is 0 Å². The van der Waals surface area contributed by atoms with Gasteiger partial charge in [-0.25, -0.2) is 9.69 Å². The monoisotopic (exact) mass is 485 g/mol. The first-order valence-electron chi connectivity index (χ1n) is 12.0. The van der Waals surface area contributed by atoms with E-state index >= 15 is 0 Å². The minimum atomic E-state index is -2.03. The lowest BCUT2D eigenvalue weighted by Crippen LogP contribution is -2.59. The number of para-hydroxylation sites is 1. The fourth-order valence-electron chi connectivity index (χ4n) is 4.50. The number of nitrogens with zero attached hydrogens (tertiary/aromatic N) is 2. The zero-order chi connectivity index (χ0) is 25.5. The molecule has 1 aliphatic heterocycles. The fraction of sp³-hybridized carbons (Fsp3) is 0.250. The summed E-state index contributed by atoms with van der Waals surface area (Å²) in [5.41, 5.74) is 5.83. The minimum Gasteiger partial charge on any atom is -0.364 e. The average molecular weight is 486 g/mol. The van der Waals surface area contributed by atoms with Crippen molar-refractivity contribution in [1.82, 2.24) is 10.2 Å². The Kier molecular flexibility index (Phi) is 7.77. The molecule has 0 aromatic heterocycles. The molecule has 1 fully saturated rings. The molecule has 0 spiro atoms. The second-order valence-electron chi connectivity index (χ2n) is 8.80. The van der Waals surface area contributed by atoms with Crippen molar-refractivity contribution in [1.29, 1.82) is 5.41 Å². The van der Waals surface area contributed by atoms with Gasteiger partial charge in [0, 0.05) is 13.0 Å². The lowest BCUT2D eigenvalue weighted by Gasteiger charge is -2.36. The normalized spacial score (nSPS) is 18.4. The molecule has 2 atom stereocenters. The Hall–Kier alpha value is -4.01. The van der Waals surface area contributed by atoms with Crippen LogP contribution in [0.15, 0.2) is 91.0 Å². The van der Waals surface area contributed by atoms with Crippen LogP contribution in [0, 0.1) is 5.41 Å². The number of carbonyl (C=O) groups is 2. The minimum absolute atomic E-state index is 0.0349. The van der Waals surface area contributed by atoms with Gasteiger partial charge in [-0.1, -0.05) is 78.9 Å². The Labute approximate surface area is 210 Å². The van der Waals surface area contributed by atoms with Crippen LogP contribution in [0.5, 0.6) is 0 Å². The van der Waals surface area contributed by atoms with Crippen LogP contribution in [0.4, 0.5) is 10.5 Å². The first-order valence-corrected chi connectivity index (χ1v) is 12.0. The molecule has 0 aliphatic carbocycles. The van der Waals surface area contributed by atoms with Crippen LogP contribution in [-0.2, 0) is 17.8 Å². The number of anilines is 1. The highest BCUT2D eigenvalue weighted by Crippen LogP contribution is 2.36. The summed E-state index contributed by atoms with van der Waals surface area (Å²) in [6, 6.07) is 25.7. The van der Waals surface area contributed by atoms with Crippen molar-refractivity contribution < 1.29 is 14.7 Å². The van der Waals surface area contributed by atoms with E-state index in [1.807, 2.05) is 66.7 Å². The SMILES string of the molecule is N=C1N(c2ccccc2)C(=O)N([C@@H](CCCN)C(=O)NCc2ccccc2)[C@]1(O)Cc1ccccc1. The summed E-state index contributed by atoms with van der Waals surface area (Å²) in [6.07, 6.45) is 0.677. The Morgan fingerprint density at radius 3 is 2.08 bits per heavy atom. The molecule has 0 bridgehead atoms. The van der Waals surface area contributed by atoms with Crippen LogP contribution < -0.4 is 16.0 Å². The topological polar surface area (TPSA) is 123 Å². The van der Waals surface area contributed by atoms with Crippen molar-refractivity contribution in [3.63, 3.8) is 0 Å². The van der Waals surface area contributed by atoms with Crippen molar-refractivity contribution in [2.24, 2.45) is 5.73 Å². The summed E-state index contributed by atoms with van der Waals surface area (Å²) in [5, 5.41) is 23.8. The molecule has 0 saturated carbocycles. The van der Waals surface area contributed by atoms with Gasteiger partial charge in [0.05, 0.1) is 5.69 Å². The zero-order valence-corrected chi connectivity index (χ0v) is 20.0. The Bertz CT molecular complexity index is 1190. The molecule has 8 heteroatoms. The fourth-order valence-corrected chi connectivity index (χ4v) is 4.50. The molecular weight excluding hydrogens is 454 g/mol. The van der Waals surface area contributed by atoms with Gasteiger partial charge in [0.1, 0.15) is 6.04 Å². The summed E-state index contributed by atoms with van der Waals surface area (Å²) in [4.78, 5) is 29.7. The van der Waals surface area contributed by atoms with Gasteiger partial charge in [-0.3, -0.25) is 15.1 Å². The molecule has 1 aliphatic rings. The van der Waals surface area contributed by atoms with Gasteiger partial charge < -0.3 is 16.2 Å². The van der Waals surface area contributed by atoms with Crippen LogP contribution in [0.1, 0.15) is 24.0 Å². The Morgan fingerprint density at radius 1 is 0.944 bits per heavy atom. The number of urea groups is 1. The third kappa shape index (κ3) is 5.15. The largest absolute Gasteiger partial charge is 0.364 e. The van der Waals surface area contributed by atoms with Crippen LogP contribution in [-0.4, -0.2) is 46.1 Å². The van der Waals surface area contributed by atoms with Gasteiger partial charge >= 0.3 is 6.03 Å². The van der Waals surface area contributed by atoms with Crippen LogP contribution in [0.25, 0.3) is 0 Å². The van der Waals surface area contributed by atoms with E-state index in [-0.39, 0.29) is 25.2 Å². The number of nitrogens with two attached hydrogens (primary N) is 1. The molecule has 1 saturated heterocycles. The highest BCUT2D eigenvalue weighted by atomic mass is 16.3. The van der Waals surface area contributed by atoms with Gasteiger partial charge in [0.25, 0.3) is 0 Å². The number of amides is 3. The molecule has 3 aromatic rings. The number of nitrogens with one attached hydrogen (secondary N) is 2. The predicted molar refractivity (Wildman–Crippen MR) is 139 cm³/mol. The predicted octanol–water partition coefficient (Wildman–Crippen LogP) is 3.26. The molecule has 1 heterocycles. The summed E-state index contributed by atoms with van der Waals surface area (Å²) in [7, 11) is 0. The summed E-state index contributed by atoms with van der Waals surface area (Å²) in [5.74, 6) is -0.703. The van der Waals surface area contributed by atoms with Crippen LogP contribution in [0.3, 0.4) is 0 Å². The van der Waals surface area contributed by atoms with E-state index in [0.29, 0.717) is 18.7 Å². The van der Waals surface area contributed by atoms with Crippen molar-refractivity contribution >= 4 is 23.5 Å². The number of hydrogen-bond donors (Lipinski definition) is 4. The molecule has 186 valence electrons. The van der Waals surface area contributed by atoms with Gasteiger partial charge in [0.2, 0.25) is 11.6 Å². The second-order valence-corrected chi connectivity index (χ2v) is 8.80. The summed E-state index contributed by atoms with van der Waals surface area (Å²) in [6.45, 7) is 0.596. The van der Waals surface area contributed by atoms with Crippen molar-refractivity contribution in [3.05, 3.63) is 102 Å². The molecule has 3 aromatic carbocycles. The van der Waals surface area contributed by atoms with Crippen molar-refractivity contribution in [2.75, 3.05) is 11.4 Å². The van der Waals surface area contributed by atoms with E-state index in [9.17, 15) is 14.7 Å². The average Bonchev–Trinajstić information content (AvgIpc) is 3.09. The van der Waals surface area contributed by atoms with E-state index < -0.39 is 23.7 Å². The second kappa shape index (κ2) is 11.2. The molecule has 3 amide bonds. The highest BCUT2D eigenvalue weighted by Gasteiger charge is 2.57. The van der Waals surface area contributed by atoms with Crippen molar-refractivity contribution in [2.45, 2.75) is 37.6 Å². The molecule has 4 rings (SSSR count). The van der Waals surface area contributed by atoms with Gasteiger partial charge in [-0.2, -0.15) is 0 Å². The van der Waals surface area contributed by atoms with E-state index in [0.717, 1.165) is 16.0 Å². The molecule has 0 radical (unpaired) electrons. The maximum Gasteiger partial charge on any atom is 0.333 e. The van der Waals surface area contributed by atoms with Gasteiger partial charge in [0.15, 0.2) is 5.84 Å². The van der Waals surface area contributed by atoms with Gasteiger partial charge in [-0.15, -0.1) is 0 Å². The lowest BCUT2D eigenvalue weighted by atomic mass is 9.97. The third-order valence-electron chi connectivity index (χ3n) is 6.31. The van der Waals surface area contributed by atoms with E-state index in [1.165, 1.54) is 4.90 Å². The molecule has 8 nitrogen and oxygen atoms in total. The van der Waals surface area contributed by atoms with Crippen LogP contribution in [0.2, 0.25) is 0 Å². The Balaban J connectivity index is 1.71. The summed E-state index contributed by atoms with van der Waals surface area (Å²) < 4.78 is 0. The highest BCUT2D eigenvalue weighted by molar-refractivity contribution is 6.24. The smallest absolute Gasteiger partial charge is 0.333 e. The van der Waals surface area contributed by atoms with Gasteiger partial charge in [-0.05, 0) is 42.6 Å². The summed E-state index contributed by atoms with van der Waals surface area (Å²) >= 11 is 0. The number of hydrogen-bond acceptors (Lipinski definition) is 5. The quantitative estimate of drug-likeness (QED) is 0.352. The maximum absolute atomic E-state index is 13.8. The third-order valence-corrected chi connectivity index (χ3v) is 6.31. The maximum atomic E-state index is 13.8. The first-order chi connectivity index (χ1) is 17.5. The zero-order valence-electron chi connectivity index (χ0n) is 20.0. The number of benzene rings is 3. The molecule has 36 heavy (non-hydrogen) atoms. The molecule has 5 N–H and O–H groups in total. The first kappa shape index (κ1) is 25.1. The molecular formula is C28H31N5O3. The van der Waals surface area contributed by atoms with E-state index in [1.54, 1.807) is 24.3 Å². The van der Waals surface area contributed by atoms with E-state index in [2.05, 4.69) is 5.32 Å². The number of amidine groups is 1. The number of aliphatic hydroxyl groups is 1. The number of rotatable bonds is 10. The van der Waals surface area contributed by atoms with Crippen LogP contribution >= 0.6 is 0 Å². The standard InChI is InChI=1S/C28H31N5O3/c29-18-10-17-24(25(34)31-20-22-13-6-2-7-14-22)33-27(35)32(23-15-8-3-9-16-23)26(30)28(33,36)19-21-11-4-1-5-12-21/h1-9,11-16,24,30,36H,10,17-20,29H2,(H,31,34)/t24-,28-/m0/s1. The number of carbonyl (C=O) groups excluding carboxylic acids is 2.